The maximum absolute atomic E-state index is 12.6. The summed E-state index contributed by atoms with van der Waals surface area (Å²) in [7, 11) is 0. The normalized spacial score (nSPS) is 15.7. The third-order valence-electron chi connectivity index (χ3n) is 4.92. The quantitative estimate of drug-likeness (QED) is 0.602. The molecule has 1 saturated heterocycles. The number of nitrogens with zero attached hydrogens (tertiary/aromatic N) is 2. The third kappa shape index (κ3) is 3.15. The molecule has 2 aromatic carbocycles. The minimum atomic E-state index is -0.675. The molecule has 2 aromatic rings. The van der Waals surface area contributed by atoms with Gasteiger partial charge in [0, 0.05) is 13.1 Å². The molecule has 0 aliphatic carbocycles. The highest BCUT2D eigenvalue weighted by atomic mass is 16.5. The summed E-state index contributed by atoms with van der Waals surface area (Å²) in [5.41, 5.74) is 1.11. The molecule has 28 heavy (non-hydrogen) atoms. The van der Waals surface area contributed by atoms with Crippen LogP contribution in [0.2, 0.25) is 0 Å². The van der Waals surface area contributed by atoms with Crippen LogP contribution in [0, 0.1) is 0 Å². The average molecular weight is 378 g/mol. The highest BCUT2D eigenvalue weighted by Gasteiger charge is 2.36. The zero-order valence-corrected chi connectivity index (χ0v) is 15.1. The van der Waals surface area contributed by atoms with Crippen molar-refractivity contribution in [3.05, 3.63) is 65.2 Å². The lowest BCUT2D eigenvalue weighted by molar-refractivity contribution is -0.133. The van der Waals surface area contributed by atoms with E-state index in [0.29, 0.717) is 24.2 Å². The summed E-state index contributed by atoms with van der Waals surface area (Å²) in [5.74, 6) is -1.76. The Morgan fingerprint density at radius 3 is 2.18 bits per heavy atom. The van der Waals surface area contributed by atoms with E-state index in [1.165, 1.54) is 12.1 Å². The van der Waals surface area contributed by atoms with Gasteiger partial charge in [0.05, 0.1) is 22.4 Å². The van der Waals surface area contributed by atoms with Crippen LogP contribution in [0.25, 0.3) is 0 Å². The van der Waals surface area contributed by atoms with Crippen LogP contribution in [-0.2, 0) is 9.53 Å². The molecular formula is C21H18N2O5. The fourth-order valence-corrected chi connectivity index (χ4v) is 3.46. The van der Waals surface area contributed by atoms with E-state index in [1.54, 1.807) is 41.3 Å². The van der Waals surface area contributed by atoms with Gasteiger partial charge < -0.3 is 9.64 Å². The highest BCUT2D eigenvalue weighted by molar-refractivity contribution is 6.34. The first kappa shape index (κ1) is 17.9. The molecule has 2 aliphatic heterocycles. The van der Waals surface area contributed by atoms with Crippen LogP contribution >= 0.6 is 0 Å². The van der Waals surface area contributed by atoms with Gasteiger partial charge in [-0.2, -0.15) is 0 Å². The van der Waals surface area contributed by atoms with E-state index < -0.39 is 17.8 Å². The lowest BCUT2D eigenvalue weighted by Crippen LogP contribution is -2.32. The first-order chi connectivity index (χ1) is 13.6. The lowest BCUT2D eigenvalue weighted by Gasteiger charge is -2.16. The smallest absolute Gasteiger partial charge is 0.338 e. The highest BCUT2D eigenvalue weighted by Crippen LogP contribution is 2.28. The van der Waals surface area contributed by atoms with E-state index in [-0.39, 0.29) is 23.8 Å². The monoisotopic (exact) mass is 378 g/mol. The number of rotatable bonds is 4. The topological polar surface area (TPSA) is 84.0 Å². The second kappa shape index (κ2) is 7.26. The van der Waals surface area contributed by atoms with Gasteiger partial charge in [-0.25, -0.2) is 9.69 Å². The van der Waals surface area contributed by atoms with E-state index in [2.05, 4.69) is 0 Å². The van der Waals surface area contributed by atoms with Crippen LogP contribution in [0.5, 0.6) is 0 Å². The van der Waals surface area contributed by atoms with Crippen molar-refractivity contribution in [1.29, 1.82) is 0 Å². The Morgan fingerprint density at radius 1 is 0.893 bits per heavy atom. The van der Waals surface area contributed by atoms with Crippen LogP contribution < -0.4 is 4.90 Å². The van der Waals surface area contributed by atoms with Crippen molar-refractivity contribution in [2.45, 2.75) is 12.8 Å². The number of anilines is 1. The van der Waals surface area contributed by atoms with Gasteiger partial charge in [0.1, 0.15) is 0 Å². The Bertz CT molecular complexity index is 943. The number of carbonyl (C=O) groups is 4. The van der Waals surface area contributed by atoms with Crippen LogP contribution in [0.4, 0.5) is 5.69 Å². The zero-order chi connectivity index (χ0) is 19.7. The molecule has 0 radical (unpaired) electrons. The molecule has 0 spiro atoms. The molecule has 2 heterocycles. The molecule has 7 nitrogen and oxygen atoms in total. The number of carbonyl (C=O) groups excluding carboxylic acids is 4. The molecule has 4 rings (SSSR count). The predicted molar refractivity (Wildman–Crippen MR) is 100 cm³/mol. The second-order valence-electron chi connectivity index (χ2n) is 6.71. The van der Waals surface area contributed by atoms with Gasteiger partial charge in [-0.05, 0) is 43.2 Å². The van der Waals surface area contributed by atoms with Gasteiger partial charge in [0.25, 0.3) is 17.7 Å². The Balaban J connectivity index is 1.49. The summed E-state index contributed by atoms with van der Waals surface area (Å²) < 4.78 is 5.12. The Hall–Kier alpha value is -3.48. The van der Waals surface area contributed by atoms with Gasteiger partial charge in [-0.3, -0.25) is 14.4 Å². The molecule has 0 atom stereocenters. The number of imide groups is 1. The van der Waals surface area contributed by atoms with E-state index in [4.69, 9.17) is 4.74 Å². The number of hydrogen-bond acceptors (Lipinski definition) is 5. The Morgan fingerprint density at radius 2 is 1.54 bits per heavy atom. The van der Waals surface area contributed by atoms with E-state index >= 15 is 0 Å². The molecular weight excluding hydrogens is 360 g/mol. The lowest BCUT2D eigenvalue weighted by atomic mass is 10.1. The van der Waals surface area contributed by atoms with E-state index in [0.717, 1.165) is 17.7 Å². The molecule has 0 aromatic heterocycles. The predicted octanol–water partition coefficient (Wildman–Crippen LogP) is 2.27. The minimum absolute atomic E-state index is 0.170. The van der Waals surface area contributed by atoms with Gasteiger partial charge in [0.15, 0.2) is 6.61 Å². The summed E-state index contributed by atoms with van der Waals surface area (Å²) in [6.45, 7) is 1.05. The van der Waals surface area contributed by atoms with Gasteiger partial charge in [-0.15, -0.1) is 0 Å². The molecule has 2 aliphatic rings. The van der Waals surface area contributed by atoms with Gasteiger partial charge >= 0.3 is 5.97 Å². The summed E-state index contributed by atoms with van der Waals surface area (Å²) in [5, 5.41) is 0. The molecule has 1 fully saturated rings. The summed E-state index contributed by atoms with van der Waals surface area (Å²) in [6, 6.07) is 12.7. The molecule has 0 saturated carbocycles. The largest absolute Gasteiger partial charge is 0.452 e. The number of amides is 3. The molecule has 3 amide bonds. The number of benzene rings is 2. The molecule has 142 valence electrons. The average Bonchev–Trinajstić information content (AvgIpc) is 3.34. The van der Waals surface area contributed by atoms with Gasteiger partial charge in [-0.1, -0.05) is 18.2 Å². The van der Waals surface area contributed by atoms with Crippen molar-refractivity contribution >= 4 is 29.4 Å². The standard InChI is InChI=1S/C21H18N2O5/c24-18(22-10-3-4-11-22)13-28-21(27)14-6-5-7-15(12-14)23-19(25)16-8-1-2-9-17(16)20(23)26/h1-2,5-9,12H,3-4,10-11,13H2. The maximum Gasteiger partial charge on any atom is 0.338 e. The van der Waals surface area contributed by atoms with E-state index in [1.807, 2.05) is 0 Å². The molecule has 0 bridgehead atoms. The molecule has 7 heteroatoms. The first-order valence-corrected chi connectivity index (χ1v) is 9.09. The van der Waals surface area contributed by atoms with Crippen LogP contribution in [0.15, 0.2) is 48.5 Å². The number of fused-ring (bicyclic) bond motifs is 1. The Kier molecular flexibility index (Phi) is 4.65. The Labute approximate surface area is 161 Å². The summed E-state index contributed by atoms with van der Waals surface area (Å²) in [4.78, 5) is 52.2. The third-order valence-corrected chi connectivity index (χ3v) is 4.92. The summed E-state index contributed by atoms with van der Waals surface area (Å²) in [6.07, 6.45) is 1.92. The van der Waals surface area contributed by atoms with Crippen LogP contribution in [0.1, 0.15) is 43.9 Å². The zero-order valence-electron chi connectivity index (χ0n) is 15.1. The maximum atomic E-state index is 12.6. The fraction of sp³-hybridized carbons (Fsp3) is 0.238. The number of likely N-dealkylation sites (tertiary alicyclic amines) is 1. The van der Waals surface area contributed by atoms with Crippen LogP contribution in [-0.4, -0.2) is 48.3 Å². The molecule has 0 unspecified atom stereocenters. The van der Waals surface area contributed by atoms with Crippen molar-refractivity contribution in [1.82, 2.24) is 4.90 Å². The number of esters is 1. The first-order valence-electron chi connectivity index (χ1n) is 9.09. The van der Waals surface area contributed by atoms with Gasteiger partial charge in [0.2, 0.25) is 0 Å². The second-order valence-corrected chi connectivity index (χ2v) is 6.71. The van der Waals surface area contributed by atoms with Crippen molar-refractivity contribution in [3.63, 3.8) is 0 Å². The minimum Gasteiger partial charge on any atom is -0.452 e. The van der Waals surface area contributed by atoms with Crippen molar-refractivity contribution in [3.8, 4) is 0 Å². The molecule has 0 N–H and O–H groups in total. The fourth-order valence-electron chi connectivity index (χ4n) is 3.46. The summed E-state index contributed by atoms with van der Waals surface area (Å²) >= 11 is 0. The van der Waals surface area contributed by atoms with Crippen molar-refractivity contribution < 1.29 is 23.9 Å². The number of hydrogen-bond donors (Lipinski definition) is 0. The van der Waals surface area contributed by atoms with E-state index in [9.17, 15) is 19.2 Å². The van der Waals surface area contributed by atoms with Crippen LogP contribution in [0.3, 0.4) is 0 Å². The van der Waals surface area contributed by atoms with Crippen molar-refractivity contribution in [2.75, 3.05) is 24.6 Å². The number of ether oxygens (including phenoxy) is 1. The SMILES string of the molecule is O=C(OCC(=O)N1CCCC1)c1cccc(N2C(=O)c3ccccc3C2=O)c1. The van der Waals surface area contributed by atoms with Crippen molar-refractivity contribution in [2.24, 2.45) is 0 Å².